The zero-order valence-electron chi connectivity index (χ0n) is 10.8. The average Bonchev–Trinajstić information content (AvgIpc) is 2.58. The molecule has 0 heterocycles. The van der Waals surface area contributed by atoms with Crippen molar-refractivity contribution in [3.8, 4) is 0 Å². The van der Waals surface area contributed by atoms with E-state index >= 15 is 0 Å². The van der Waals surface area contributed by atoms with E-state index in [1.165, 1.54) is 44.1 Å². The largest absolute Gasteiger partial charge is 0.396 e. The van der Waals surface area contributed by atoms with Crippen LogP contribution < -0.4 is 0 Å². The van der Waals surface area contributed by atoms with E-state index in [1.807, 2.05) is 0 Å². The van der Waals surface area contributed by atoms with Crippen molar-refractivity contribution in [2.75, 3.05) is 6.61 Å². The van der Waals surface area contributed by atoms with Gasteiger partial charge in [-0.3, -0.25) is 0 Å². The molecular weight excluding hydrogens is 196 g/mol. The summed E-state index contributed by atoms with van der Waals surface area (Å²) in [7, 11) is 0. The Morgan fingerprint density at radius 1 is 1.25 bits per heavy atom. The molecule has 0 radical (unpaired) electrons. The van der Waals surface area contributed by atoms with Gasteiger partial charge in [0.25, 0.3) is 0 Å². The van der Waals surface area contributed by atoms with E-state index in [0.29, 0.717) is 17.9 Å². The Morgan fingerprint density at radius 2 is 1.88 bits per heavy atom. The lowest BCUT2D eigenvalue weighted by molar-refractivity contribution is 0.0545. The first-order chi connectivity index (χ1) is 7.60. The number of hydrogen-bond acceptors (Lipinski definition) is 1. The number of rotatable bonds is 2. The van der Waals surface area contributed by atoms with Crippen LogP contribution in [0.4, 0.5) is 0 Å². The highest BCUT2D eigenvalue weighted by Crippen LogP contribution is 2.58. The van der Waals surface area contributed by atoms with Gasteiger partial charge in [-0.1, -0.05) is 19.1 Å². The standard InChI is InChI=1S/C15H26O/c1-11(2)14-5-4-12(3)15(14)8-6-13(10-16)7-9-15/h12-14,16H,1,4-10H2,2-3H3. The molecule has 0 aromatic heterocycles. The van der Waals surface area contributed by atoms with Crippen molar-refractivity contribution in [3.63, 3.8) is 0 Å². The van der Waals surface area contributed by atoms with Gasteiger partial charge in [0.05, 0.1) is 0 Å². The quantitative estimate of drug-likeness (QED) is 0.705. The summed E-state index contributed by atoms with van der Waals surface area (Å²) >= 11 is 0. The highest BCUT2D eigenvalue weighted by molar-refractivity contribution is 5.11. The molecule has 92 valence electrons. The van der Waals surface area contributed by atoms with Crippen molar-refractivity contribution >= 4 is 0 Å². The second-order valence-electron chi connectivity index (χ2n) is 6.24. The summed E-state index contributed by atoms with van der Waals surface area (Å²) in [6.07, 6.45) is 7.81. The molecule has 1 spiro atoms. The van der Waals surface area contributed by atoms with Crippen molar-refractivity contribution in [3.05, 3.63) is 12.2 Å². The molecule has 1 nitrogen and oxygen atoms in total. The zero-order valence-corrected chi connectivity index (χ0v) is 10.8. The molecular formula is C15H26O. The smallest absolute Gasteiger partial charge is 0.0459 e. The lowest BCUT2D eigenvalue weighted by atomic mass is 9.60. The second kappa shape index (κ2) is 4.52. The maximum atomic E-state index is 9.25. The molecule has 2 fully saturated rings. The summed E-state index contributed by atoms with van der Waals surface area (Å²) in [5, 5.41) is 9.25. The number of hydrogen-bond donors (Lipinski definition) is 1. The fourth-order valence-electron chi connectivity index (χ4n) is 4.31. The first-order valence-corrected chi connectivity index (χ1v) is 6.86. The minimum Gasteiger partial charge on any atom is -0.396 e. The molecule has 0 aromatic rings. The molecule has 2 aliphatic carbocycles. The molecule has 1 N–H and O–H groups in total. The number of aliphatic hydroxyl groups excluding tert-OH is 1. The Bertz CT molecular complexity index is 261. The van der Waals surface area contributed by atoms with Gasteiger partial charge in [-0.2, -0.15) is 0 Å². The Morgan fingerprint density at radius 3 is 2.38 bits per heavy atom. The van der Waals surface area contributed by atoms with Gasteiger partial charge in [0.2, 0.25) is 0 Å². The van der Waals surface area contributed by atoms with Crippen LogP contribution in [-0.4, -0.2) is 11.7 Å². The zero-order chi connectivity index (χ0) is 11.8. The lowest BCUT2D eigenvalue weighted by Gasteiger charge is -2.45. The van der Waals surface area contributed by atoms with E-state index in [2.05, 4.69) is 20.4 Å². The summed E-state index contributed by atoms with van der Waals surface area (Å²) in [4.78, 5) is 0. The Labute approximate surface area is 99.9 Å². The van der Waals surface area contributed by atoms with Crippen LogP contribution in [0.3, 0.4) is 0 Å². The highest BCUT2D eigenvalue weighted by Gasteiger charge is 2.49. The van der Waals surface area contributed by atoms with Gasteiger partial charge in [-0.15, -0.1) is 0 Å². The third-order valence-corrected chi connectivity index (χ3v) is 5.45. The Balaban J connectivity index is 2.13. The van der Waals surface area contributed by atoms with Gasteiger partial charge >= 0.3 is 0 Å². The third-order valence-electron chi connectivity index (χ3n) is 5.45. The van der Waals surface area contributed by atoms with E-state index in [1.54, 1.807) is 0 Å². The van der Waals surface area contributed by atoms with Gasteiger partial charge < -0.3 is 5.11 Å². The molecule has 0 amide bonds. The Kier molecular flexibility index (Phi) is 3.44. The fourth-order valence-corrected chi connectivity index (χ4v) is 4.31. The van der Waals surface area contributed by atoms with Crippen LogP contribution in [0.2, 0.25) is 0 Å². The van der Waals surface area contributed by atoms with Crippen LogP contribution >= 0.6 is 0 Å². The predicted octanol–water partition coefficient (Wildman–Crippen LogP) is 3.78. The minimum atomic E-state index is 0.391. The summed E-state index contributed by atoms with van der Waals surface area (Å²) in [6, 6.07) is 0. The molecule has 0 aliphatic heterocycles. The summed E-state index contributed by atoms with van der Waals surface area (Å²) in [5.41, 5.74) is 1.93. The molecule has 2 rings (SSSR count). The van der Waals surface area contributed by atoms with Crippen LogP contribution in [0, 0.1) is 23.2 Å². The van der Waals surface area contributed by atoms with Crippen LogP contribution in [0.15, 0.2) is 12.2 Å². The topological polar surface area (TPSA) is 20.2 Å². The van der Waals surface area contributed by atoms with Crippen molar-refractivity contribution in [2.24, 2.45) is 23.2 Å². The van der Waals surface area contributed by atoms with E-state index in [0.717, 1.165) is 11.8 Å². The highest BCUT2D eigenvalue weighted by atomic mass is 16.3. The van der Waals surface area contributed by atoms with Crippen molar-refractivity contribution in [1.29, 1.82) is 0 Å². The monoisotopic (exact) mass is 222 g/mol. The number of allylic oxidation sites excluding steroid dienone is 1. The van der Waals surface area contributed by atoms with Gasteiger partial charge in [0.15, 0.2) is 0 Å². The summed E-state index contributed by atoms with van der Waals surface area (Å²) in [6.45, 7) is 9.25. The van der Waals surface area contributed by atoms with Gasteiger partial charge in [-0.25, -0.2) is 0 Å². The average molecular weight is 222 g/mol. The molecule has 2 atom stereocenters. The van der Waals surface area contributed by atoms with Crippen molar-refractivity contribution in [1.82, 2.24) is 0 Å². The summed E-state index contributed by atoms with van der Waals surface area (Å²) in [5.74, 6) is 2.18. The first-order valence-electron chi connectivity index (χ1n) is 6.86. The first kappa shape index (κ1) is 12.2. The molecule has 0 aromatic carbocycles. The van der Waals surface area contributed by atoms with Crippen LogP contribution in [0.1, 0.15) is 52.4 Å². The molecule has 2 unspecified atom stereocenters. The molecule has 0 saturated heterocycles. The van der Waals surface area contributed by atoms with Crippen LogP contribution in [0.25, 0.3) is 0 Å². The van der Waals surface area contributed by atoms with Crippen molar-refractivity contribution < 1.29 is 5.11 Å². The molecule has 2 saturated carbocycles. The van der Waals surface area contributed by atoms with Gasteiger partial charge in [0, 0.05) is 6.61 Å². The predicted molar refractivity (Wildman–Crippen MR) is 68.2 cm³/mol. The number of aliphatic hydroxyl groups is 1. The maximum absolute atomic E-state index is 9.25. The van der Waals surface area contributed by atoms with Gasteiger partial charge in [-0.05, 0) is 68.6 Å². The van der Waals surface area contributed by atoms with Gasteiger partial charge in [0.1, 0.15) is 0 Å². The third kappa shape index (κ3) is 1.84. The van der Waals surface area contributed by atoms with Crippen molar-refractivity contribution in [2.45, 2.75) is 52.4 Å². The molecule has 16 heavy (non-hydrogen) atoms. The molecule has 2 aliphatic rings. The van der Waals surface area contributed by atoms with E-state index in [-0.39, 0.29) is 0 Å². The molecule has 1 heteroatoms. The summed E-state index contributed by atoms with van der Waals surface area (Å²) < 4.78 is 0. The molecule has 0 bridgehead atoms. The Hall–Kier alpha value is -0.300. The maximum Gasteiger partial charge on any atom is 0.0459 e. The van der Waals surface area contributed by atoms with E-state index in [4.69, 9.17) is 0 Å². The van der Waals surface area contributed by atoms with E-state index in [9.17, 15) is 5.11 Å². The normalized spacial score (nSPS) is 43.8. The van der Waals surface area contributed by atoms with Crippen LogP contribution in [0.5, 0.6) is 0 Å². The lowest BCUT2D eigenvalue weighted by Crippen LogP contribution is -2.36. The minimum absolute atomic E-state index is 0.391. The fraction of sp³-hybridized carbons (Fsp3) is 0.867. The van der Waals surface area contributed by atoms with Crippen LogP contribution in [-0.2, 0) is 0 Å². The second-order valence-corrected chi connectivity index (χ2v) is 6.24. The SMILES string of the molecule is C=C(C)C1CCC(C)C12CCC(CO)CC2. The van der Waals surface area contributed by atoms with E-state index < -0.39 is 0 Å².